The van der Waals surface area contributed by atoms with Crippen LogP contribution in [-0.4, -0.2) is 28.4 Å². The van der Waals surface area contributed by atoms with Crippen LogP contribution in [0.4, 0.5) is 0 Å². The monoisotopic (exact) mass is 263 g/mol. The minimum absolute atomic E-state index is 0.113. The van der Waals surface area contributed by atoms with E-state index in [9.17, 15) is 4.79 Å². The number of nitriles is 1. The topological polar surface area (TPSA) is 57.0 Å². The Kier molecular flexibility index (Phi) is 4.16. The quantitative estimate of drug-likeness (QED) is 0.788. The molecule has 0 spiro atoms. The van der Waals surface area contributed by atoms with E-state index in [2.05, 4.69) is 11.1 Å². The van der Waals surface area contributed by atoms with Crippen molar-refractivity contribution in [1.29, 1.82) is 5.26 Å². The maximum Gasteiger partial charge on any atom is 0.256 e. The van der Waals surface area contributed by atoms with E-state index in [1.54, 1.807) is 11.0 Å². The molecule has 1 aliphatic rings. The Labute approximate surface area is 111 Å². The van der Waals surface area contributed by atoms with Gasteiger partial charge in [-0.2, -0.15) is 5.26 Å². The number of pyridine rings is 1. The van der Waals surface area contributed by atoms with Crippen LogP contribution < -0.4 is 0 Å². The lowest BCUT2D eigenvalue weighted by Gasteiger charge is -2.26. The Balaban J connectivity index is 2.23. The van der Waals surface area contributed by atoms with E-state index in [0.29, 0.717) is 10.6 Å². The Hall–Kier alpha value is -1.60. The lowest BCUT2D eigenvalue weighted by molar-refractivity contribution is 0.0709. The van der Waals surface area contributed by atoms with Gasteiger partial charge in [-0.05, 0) is 18.9 Å². The average Bonchev–Trinajstić information content (AvgIpc) is 2.89. The van der Waals surface area contributed by atoms with Crippen LogP contribution in [0.15, 0.2) is 18.5 Å². The van der Waals surface area contributed by atoms with Gasteiger partial charge in [0, 0.05) is 18.4 Å². The van der Waals surface area contributed by atoms with E-state index in [1.165, 1.54) is 12.4 Å². The van der Waals surface area contributed by atoms with Gasteiger partial charge >= 0.3 is 0 Å². The molecule has 0 N–H and O–H groups in total. The maximum absolute atomic E-state index is 12.4. The third kappa shape index (κ3) is 2.62. The van der Waals surface area contributed by atoms with Crippen molar-refractivity contribution in [3.63, 3.8) is 0 Å². The summed E-state index contributed by atoms with van der Waals surface area (Å²) >= 11 is 5.98. The van der Waals surface area contributed by atoms with Crippen LogP contribution in [0.2, 0.25) is 5.02 Å². The molecule has 0 bridgehead atoms. The molecule has 1 amide bonds. The summed E-state index contributed by atoms with van der Waals surface area (Å²) < 4.78 is 0. The smallest absolute Gasteiger partial charge is 0.256 e. The molecule has 1 aromatic rings. The first-order valence-electron chi connectivity index (χ1n) is 6.01. The normalized spacial score (nSPS) is 15.3. The fourth-order valence-corrected chi connectivity index (χ4v) is 2.56. The lowest BCUT2D eigenvalue weighted by atomic mass is 10.1. The molecule has 5 heteroatoms. The first-order valence-corrected chi connectivity index (χ1v) is 6.39. The van der Waals surface area contributed by atoms with Crippen LogP contribution in [0.25, 0.3) is 0 Å². The van der Waals surface area contributed by atoms with Crippen LogP contribution in [0, 0.1) is 11.3 Å². The second-order valence-corrected chi connectivity index (χ2v) is 4.79. The number of carbonyl (C=O) groups is 1. The molecular formula is C13H14ClN3O. The van der Waals surface area contributed by atoms with E-state index in [-0.39, 0.29) is 18.5 Å². The summed E-state index contributed by atoms with van der Waals surface area (Å²) in [6, 6.07) is 3.83. The third-order valence-corrected chi connectivity index (χ3v) is 3.57. The summed E-state index contributed by atoms with van der Waals surface area (Å²) in [6.07, 6.45) is 7.16. The van der Waals surface area contributed by atoms with Gasteiger partial charge in [-0.1, -0.05) is 24.4 Å². The Morgan fingerprint density at radius 1 is 1.56 bits per heavy atom. The van der Waals surface area contributed by atoms with Crippen molar-refractivity contribution >= 4 is 17.5 Å². The Morgan fingerprint density at radius 2 is 2.28 bits per heavy atom. The zero-order chi connectivity index (χ0) is 13.0. The van der Waals surface area contributed by atoms with Crippen molar-refractivity contribution < 1.29 is 4.79 Å². The lowest BCUT2D eigenvalue weighted by Crippen LogP contribution is -2.39. The second-order valence-electron chi connectivity index (χ2n) is 4.38. The minimum Gasteiger partial charge on any atom is -0.322 e. The van der Waals surface area contributed by atoms with Crippen molar-refractivity contribution in [2.75, 3.05) is 6.54 Å². The molecule has 0 saturated heterocycles. The summed E-state index contributed by atoms with van der Waals surface area (Å²) in [5, 5.41) is 9.21. The van der Waals surface area contributed by atoms with Gasteiger partial charge in [0.2, 0.25) is 0 Å². The van der Waals surface area contributed by atoms with Crippen LogP contribution in [0.3, 0.4) is 0 Å². The molecule has 4 nitrogen and oxygen atoms in total. The molecule has 0 aromatic carbocycles. The first-order chi connectivity index (χ1) is 8.74. The summed E-state index contributed by atoms with van der Waals surface area (Å²) in [5.74, 6) is -0.171. The number of nitrogens with zero attached hydrogens (tertiary/aromatic N) is 3. The molecule has 0 aliphatic heterocycles. The highest BCUT2D eigenvalue weighted by atomic mass is 35.5. The fourth-order valence-electron chi connectivity index (χ4n) is 2.36. The zero-order valence-corrected chi connectivity index (χ0v) is 10.7. The predicted molar refractivity (Wildman–Crippen MR) is 68.2 cm³/mol. The van der Waals surface area contributed by atoms with Crippen molar-refractivity contribution in [2.45, 2.75) is 31.7 Å². The molecule has 1 fully saturated rings. The van der Waals surface area contributed by atoms with Gasteiger partial charge in [-0.15, -0.1) is 0 Å². The number of hydrogen-bond acceptors (Lipinski definition) is 3. The molecule has 94 valence electrons. The third-order valence-electron chi connectivity index (χ3n) is 3.27. The number of hydrogen-bond donors (Lipinski definition) is 0. The highest BCUT2D eigenvalue weighted by Crippen LogP contribution is 2.26. The molecule has 2 rings (SSSR count). The summed E-state index contributed by atoms with van der Waals surface area (Å²) in [5.41, 5.74) is 0.425. The van der Waals surface area contributed by atoms with Crippen LogP contribution in [-0.2, 0) is 0 Å². The molecule has 18 heavy (non-hydrogen) atoms. The molecule has 1 aliphatic carbocycles. The minimum atomic E-state index is -0.171. The van der Waals surface area contributed by atoms with Crippen LogP contribution in [0.5, 0.6) is 0 Å². The largest absolute Gasteiger partial charge is 0.322 e. The van der Waals surface area contributed by atoms with Gasteiger partial charge in [-0.25, -0.2) is 0 Å². The van der Waals surface area contributed by atoms with Crippen molar-refractivity contribution in [3.8, 4) is 6.07 Å². The first kappa shape index (κ1) is 12.8. The molecular weight excluding hydrogens is 250 g/mol. The highest BCUT2D eigenvalue weighted by Gasteiger charge is 2.28. The number of rotatable bonds is 3. The standard InChI is InChI=1S/C13H14ClN3O/c14-12-9-16-7-5-11(12)13(18)17(8-6-15)10-3-1-2-4-10/h5,7,9-10H,1-4,8H2. The second kappa shape index (κ2) is 5.83. The summed E-state index contributed by atoms with van der Waals surface area (Å²) in [4.78, 5) is 17.9. The average molecular weight is 264 g/mol. The molecule has 0 radical (unpaired) electrons. The maximum atomic E-state index is 12.4. The van der Waals surface area contributed by atoms with Gasteiger partial charge in [0.1, 0.15) is 6.54 Å². The van der Waals surface area contributed by atoms with Gasteiger partial charge in [0.05, 0.1) is 16.7 Å². The number of carbonyl (C=O) groups excluding carboxylic acids is 1. The summed E-state index contributed by atoms with van der Waals surface area (Å²) in [7, 11) is 0. The molecule has 1 saturated carbocycles. The predicted octanol–water partition coefficient (Wildman–Crippen LogP) is 2.64. The van der Waals surface area contributed by atoms with Gasteiger partial charge < -0.3 is 4.90 Å². The Bertz CT molecular complexity index is 477. The SMILES string of the molecule is N#CCN(C(=O)c1ccncc1Cl)C1CCCC1. The molecule has 1 heterocycles. The van der Waals surface area contributed by atoms with Gasteiger partial charge in [-0.3, -0.25) is 9.78 Å². The van der Waals surface area contributed by atoms with Crippen LogP contribution in [0.1, 0.15) is 36.0 Å². The molecule has 0 atom stereocenters. The van der Waals surface area contributed by atoms with E-state index >= 15 is 0 Å². The number of halogens is 1. The van der Waals surface area contributed by atoms with Crippen molar-refractivity contribution in [2.24, 2.45) is 0 Å². The number of aromatic nitrogens is 1. The highest BCUT2D eigenvalue weighted by molar-refractivity contribution is 6.33. The Morgan fingerprint density at radius 3 is 2.89 bits per heavy atom. The van der Waals surface area contributed by atoms with E-state index in [4.69, 9.17) is 16.9 Å². The van der Waals surface area contributed by atoms with Crippen molar-refractivity contribution in [3.05, 3.63) is 29.0 Å². The number of amides is 1. The van der Waals surface area contributed by atoms with Crippen LogP contribution >= 0.6 is 11.6 Å². The van der Waals surface area contributed by atoms with E-state index < -0.39 is 0 Å². The van der Waals surface area contributed by atoms with Gasteiger partial charge in [0.15, 0.2) is 0 Å². The van der Waals surface area contributed by atoms with Crippen molar-refractivity contribution in [1.82, 2.24) is 9.88 Å². The zero-order valence-electron chi connectivity index (χ0n) is 9.97. The van der Waals surface area contributed by atoms with E-state index in [1.807, 2.05) is 0 Å². The van der Waals surface area contributed by atoms with Gasteiger partial charge in [0.25, 0.3) is 5.91 Å². The summed E-state index contributed by atoms with van der Waals surface area (Å²) in [6.45, 7) is 0.113. The molecule has 0 unspecified atom stereocenters. The molecule has 1 aromatic heterocycles. The fraction of sp³-hybridized carbons (Fsp3) is 0.462. The van der Waals surface area contributed by atoms with E-state index in [0.717, 1.165) is 25.7 Å².